The van der Waals surface area contributed by atoms with E-state index in [0.29, 0.717) is 12.3 Å². The summed E-state index contributed by atoms with van der Waals surface area (Å²) in [6.07, 6.45) is 10.3. The Morgan fingerprint density at radius 3 is 2.60 bits per heavy atom. The minimum Gasteiger partial charge on any atom is -0.450 e. The maximum atomic E-state index is 12.5. The molecule has 1 N–H and O–H groups in total. The molecule has 30 heavy (non-hydrogen) atoms. The summed E-state index contributed by atoms with van der Waals surface area (Å²) in [7, 11) is -3.36. The molecular weight excluding hydrogens is 404 g/mol. The predicted octanol–water partition coefficient (Wildman–Crippen LogP) is 3.67. The highest BCUT2D eigenvalue weighted by atomic mass is 32.2. The van der Waals surface area contributed by atoms with Crippen LogP contribution in [0.15, 0.2) is 29.2 Å². The molecule has 166 valence electrons. The number of rotatable bonds is 8. The first-order valence-electron chi connectivity index (χ1n) is 10.8. The van der Waals surface area contributed by atoms with Gasteiger partial charge in [-0.05, 0) is 43.9 Å². The molecule has 0 radical (unpaired) electrons. The second-order valence-electron chi connectivity index (χ2n) is 8.48. The van der Waals surface area contributed by atoms with Crippen LogP contribution in [-0.2, 0) is 19.4 Å². The summed E-state index contributed by atoms with van der Waals surface area (Å²) in [5.74, 6) is 0.551. The van der Waals surface area contributed by atoms with Crippen molar-refractivity contribution in [3.05, 3.63) is 24.3 Å². The first-order chi connectivity index (χ1) is 14.3. The lowest BCUT2D eigenvalue weighted by molar-refractivity contribution is -0.126. The predicted molar refractivity (Wildman–Crippen MR) is 115 cm³/mol. The summed E-state index contributed by atoms with van der Waals surface area (Å²) in [4.78, 5) is 26.2. The van der Waals surface area contributed by atoms with E-state index in [4.69, 9.17) is 4.74 Å². The normalized spacial score (nSPS) is 22.5. The van der Waals surface area contributed by atoms with Gasteiger partial charge in [0.1, 0.15) is 6.04 Å². The van der Waals surface area contributed by atoms with Crippen molar-refractivity contribution in [2.75, 3.05) is 17.8 Å². The lowest BCUT2D eigenvalue weighted by Crippen LogP contribution is -2.70. The molecular formula is C22H32N2O5S. The van der Waals surface area contributed by atoms with Gasteiger partial charge in [0.15, 0.2) is 9.84 Å². The van der Waals surface area contributed by atoms with Crippen LogP contribution >= 0.6 is 0 Å². The smallest absolute Gasteiger partial charge is 0.407 e. The summed E-state index contributed by atoms with van der Waals surface area (Å²) in [6, 6.07) is 5.31. The molecule has 0 bridgehead atoms. The van der Waals surface area contributed by atoms with E-state index in [1.54, 1.807) is 12.1 Å². The number of benzene rings is 1. The first kappa shape index (κ1) is 22.6. The van der Waals surface area contributed by atoms with E-state index in [0.717, 1.165) is 25.0 Å². The monoisotopic (exact) mass is 436 g/mol. The lowest BCUT2D eigenvalue weighted by Gasteiger charge is -2.45. The second kappa shape index (κ2) is 9.81. The molecule has 2 amide bonds. The number of nitrogens with zero attached hydrogens (tertiary/aromatic N) is 1. The van der Waals surface area contributed by atoms with E-state index in [1.807, 2.05) is 6.92 Å². The van der Waals surface area contributed by atoms with Crippen molar-refractivity contribution in [3.8, 4) is 0 Å². The fourth-order valence-corrected chi connectivity index (χ4v) is 5.04. The average Bonchev–Trinajstić information content (AvgIpc) is 2.72. The van der Waals surface area contributed by atoms with Gasteiger partial charge >= 0.3 is 6.09 Å². The van der Waals surface area contributed by atoms with Gasteiger partial charge in [-0.25, -0.2) is 13.2 Å². The van der Waals surface area contributed by atoms with Crippen LogP contribution in [0.4, 0.5) is 10.5 Å². The van der Waals surface area contributed by atoms with Gasteiger partial charge in [-0.15, -0.1) is 0 Å². The molecule has 0 aromatic heterocycles. The summed E-state index contributed by atoms with van der Waals surface area (Å²) >= 11 is 0. The second-order valence-corrected chi connectivity index (χ2v) is 10.5. The third-order valence-corrected chi connectivity index (χ3v) is 7.27. The van der Waals surface area contributed by atoms with Crippen LogP contribution in [0.1, 0.15) is 58.3 Å². The van der Waals surface area contributed by atoms with Crippen LogP contribution in [-0.4, -0.2) is 45.4 Å². The standard InChI is InChI=1S/C22H32N2O5S/c1-16-20(21(25)24(16)18-12-8-13-19(15-18)30(2,27)28)23-22(26)29-14-7-6-11-17-9-4-3-5-10-17/h8,12-13,15-17,20H,3-7,9-11,14H2,1-2H3,(H,23,26)/t16-,20-/m0/s1. The molecule has 1 aromatic carbocycles. The molecule has 2 atom stereocenters. The fraction of sp³-hybridized carbons (Fsp3) is 0.636. The molecule has 2 fully saturated rings. The largest absolute Gasteiger partial charge is 0.450 e. The van der Waals surface area contributed by atoms with Crippen LogP contribution in [0.3, 0.4) is 0 Å². The number of hydrogen-bond acceptors (Lipinski definition) is 5. The molecule has 0 spiro atoms. The zero-order chi connectivity index (χ0) is 21.7. The number of anilines is 1. The fourth-order valence-electron chi connectivity index (χ4n) is 4.38. The number of nitrogens with one attached hydrogen (secondary N) is 1. The maximum Gasteiger partial charge on any atom is 0.407 e. The minimum absolute atomic E-state index is 0.157. The molecule has 3 rings (SSSR count). The molecule has 1 aliphatic heterocycles. The van der Waals surface area contributed by atoms with Gasteiger partial charge in [0.25, 0.3) is 5.91 Å². The Morgan fingerprint density at radius 2 is 1.93 bits per heavy atom. The Bertz CT molecular complexity index is 864. The summed E-state index contributed by atoms with van der Waals surface area (Å²) in [6.45, 7) is 2.16. The number of β-lactam (4-membered cyclic amide) rings is 1. The van der Waals surface area contributed by atoms with Crippen molar-refractivity contribution in [2.24, 2.45) is 5.92 Å². The number of unbranched alkanes of at least 4 members (excludes halogenated alkanes) is 1. The van der Waals surface area contributed by atoms with E-state index in [-0.39, 0.29) is 16.8 Å². The zero-order valence-corrected chi connectivity index (χ0v) is 18.6. The zero-order valence-electron chi connectivity index (χ0n) is 17.8. The molecule has 0 unspecified atom stereocenters. The summed E-state index contributed by atoms with van der Waals surface area (Å²) < 4.78 is 28.7. The van der Waals surface area contributed by atoms with Crippen molar-refractivity contribution >= 4 is 27.5 Å². The van der Waals surface area contributed by atoms with Gasteiger partial charge in [0, 0.05) is 11.9 Å². The maximum absolute atomic E-state index is 12.5. The topological polar surface area (TPSA) is 92.8 Å². The van der Waals surface area contributed by atoms with Gasteiger partial charge in [-0.3, -0.25) is 4.79 Å². The number of amides is 2. The molecule has 1 heterocycles. The highest BCUT2D eigenvalue weighted by Crippen LogP contribution is 2.30. The number of alkyl carbamates (subject to hydrolysis) is 1. The molecule has 1 saturated carbocycles. The van der Waals surface area contributed by atoms with Crippen LogP contribution < -0.4 is 10.2 Å². The lowest BCUT2D eigenvalue weighted by atomic mass is 9.86. The summed E-state index contributed by atoms with van der Waals surface area (Å²) in [5.41, 5.74) is 0.504. The van der Waals surface area contributed by atoms with Crippen molar-refractivity contribution in [3.63, 3.8) is 0 Å². The van der Waals surface area contributed by atoms with Crippen molar-refractivity contribution in [1.82, 2.24) is 5.32 Å². The molecule has 2 aliphatic rings. The van der Waals surface area contributed by atoms with E-state index in [1.165, 1.54) is 55.6 Å². The van der Waals surface area contributed by atoms with Gasteiger partial charge in [-0.1, -0.05) is 44.6 Å². The van der Waals surface area contributed by atoms with E-state index < -0.39 is 22.0 Å². The van der Waals surface area contributed by atoms with E-state index >= 15 is 0 Å². The van der Waals surface area contributed by atoms with Crippen LogP contribution in [0.5, 0.6) is 0 Å². The van der Waals surface area contributed by atoms with Crippen molar-refractivity contribution in [1.29, 1.82) is 0 Å². The SMILES string of the molecule is C[C@H]1[C@H](NC(=O)OCCCCC2CCCCC2)C(=O)N1c1cccc(S(C)(=O)=O)c1. The molecule has 8 heteroatoms. The number of ether oxygens (including phenoxy) is 1. The van der Waals surface area contributed by atoms with Gasteiger partial charge in [-0.2, -0.15) is 0 Å². The van der Waals surface area contributed by atoms with Gasteiger partial charge < -0.3 is 15.0 Å². The Morgan fingerprint density at radius 1 is 1.20 bits per heavy atom. The number of carbonyl (C=O) groups excluding carboxylic acids is 2. The molecule has 1 aliphatic carbocycles. The minimum atomic E-state index is -3.36. The highest BCUT2D eigenvalue weighted by Gasteiger charge is 2.46. The number of carbonyl (C=O) groups is 2. The van der Waals surface area contributed by atoms with Crippen molar-refractivity contribution < 1.29 is 22.7 Å². The van der Waals surface area contributed by atoms with E-state index in [9.17, 15) is 18.0 Å². The van der Waals surface area contributed by atoms with Gasteiger partial charge in [0.05, 0.1) is 17.5 Å². The third-order valence-electron chi connectivity index (χ3n) is 6.16. The quantitative estimate of drug-likeness (QED) is 0.496. The Balaban J connectivity index is 1.41. The molecule has 1 saturated heterocycles. The van der Waals surface area contributed by atoms with E-state index in [2.05, 4.69) is 5.32 Å². The van der Waals surface area contributed by atoms with Crippen LogP contribution in [0.25, 0.3) is 0 Å². The first-order valence-corrected chi connectivity index (χ1v) is 12.7. The van der Waals surface area contributed by atoms with Crippen LogP contribution in [0.2, 0.25) is 0 Å². The Labute approximate surface area is 179 Å². The number of hydrogen-bond donors (Lipinski definition) is 1. The Hall–Kier alpha value is -2.09. The summed E-state index contributed by atoms with van der Waals surface area (Å²) in [5, 5.41) is 2.63. The van der Waals surface area contributed by atoms with Gasteiger partial charge in [0.2, 0.25) is 0 Å². The van der Waals surface area contributed by atoms with Crippen molar-refractivity contribution in [2.45, 2.75) is 75.3 Å². The third kappa shape index (κ3) is 5.53. The van der Waals surface area contributed by atoms with Crippen LogP contribution in [0, 0.1) is 5.92 Å². The average molecular weight is 437 g/mol. The highest BCUT2D eigenvalue weighted by molar-refractivity contribution is 7.90. The number of sulfone groups is 1. The molecule has 1 aromatic rings. The Kier molecular flexibility index (Phi) is 7.39. The molecule has 7 nitrogen and oxygen atoms in total.